The lowest BCUT2D eigenvalue weighted by molar-refractivity contribution is -0.142. The third-order valence-corrected chi connectivity index (χ3v) is 7.41. The van der Waals surface area contributed by atoms with Gasteiger partial charge in [-0.15, -0.1) is 11.8 Å². The van der Waals surface area contributed by atoms with Crippen molar-refractivity contribution in [3.8, 4) is 22.4 Å². The number of carboxylic acid groups (broad SMARTS) is 1. The van der Waals surface area contributed by atoms with Crippen LogP contribution in [0.2, 0.25) is 0 Å². The molecule has 0 aliphatic heterocycles. The van der Waals surface area contributed by atoms with Gasteiger partial charge in [0.2, 0.25) is 0 Å². The number of aliphatic carboxylic acids is 1. The SMILES string of the molecule is CCSc1c(-c2cccc(F)c2F)c(-c2ccccc2)nn1C[C@H]1CC[C@@H](COCC(=O)O)CC1. The Kier molecular flexibility index (Phi) is 8.57. The molecule has 0 saturated heterocycles. The maximum absolute atomic E-state index is 15.0. The molecular weight excluding hydrogens is 470 g/mol. The van der Waals surface area contributed by atoms with E-state index < -0.39 is 17.6 Å². The summed E-state index contributed by atoms with van der Waals surface area (Å²) in [6.07, 6.45) is 3.92. The van der Waals surface area contributed by atoms with E-state index in [1.807, 2.05) is 41.9 Å². The molecule has 5 nitrogen and oxygen atoms in total. The van der Waals surface area contributed by atoms with Crippen LogP contribution < -0.4 is 0 Å². The number of nitrogens with zero attached hydrogens (tertiary/aromatic N) is 2. The van der Waals surface area contributed by atoms with Crippen molar-refractivity contribution in [3.63, 3.8) is 0 Å². The lowest BCUT2D eigenvalue weighted by atomic mass is 9.82. The van der Waals surface area contributed by atoms with Gasteiger partial charge in [-0.2, -0.15) is 5.10 Å². The van der Waals surface area contributed by atoms with Crippen LogP contribution in [0.4, 0.5) is 8.78 Å². The van der Waals surface area contributed by atoms with Gasteiger partial charge < -0.3 is 9.84 Å². The van der Waals surface area contributed by atoms with Crippen molar-refractivity contribution in [1.82, 2.24) is 9.78 Å². The summed E-state index contributed by atoms with van der Waals surface area (Å²) in [5.41, 5.74) is 2.38. The monoisotopic (exact) mass is 500 g/mol. The highest BCUT2D eigenvalue weighted by molar-refractivity contribution is 7.99. The first-order valence-electron chi connectivity index (χ1n) is 12.0. The van der Waals surface area contributed by atoms with E-state index in [4.69, 9.17) is 14.9 Å². The van der Waals surface area contributed by atoms with Crippen molar-refractivity contribution in [2.24, 2.45) is 11.8 Å². The number of rotatable bonds is 10. The van der Waals surface area contributed by atoms with E-state index in [2.05, 4.69) is 0 Å². The molecule has 3 aromatic rings. The second kappa shape index (κ2) is 11.8. The molecule has 0 amide bonds. The molecule has 35 heavy (non-hydrogen) atoms. The molecule has 0 radical (unpaired) electrons. The molecule has 1 N–H and O–H groups in total. The van der Waals surface area contributed by atoms with E-state index in [1.54, 1.807) is 17.8 Å². The summed E-state index contributed by atoms with van der Waals surface area (Å²) < 4.78 is 36.5. The lowest BCUT2D eigenvalue weighted by Gasteiger charge is -2.28. The minimum atomic E-state index is -0.946. The molecular formula is C27H30F2N2O3S. The summed E-state index contributed by atoms with van der Waals surface area (Å²) in [7, 11) is 0. The zero-order valence-electron chi connectivity index (χ0n) is 19.8. The first-order valence-corrected chi connectivity index (χ1v) is 13.0. The largest absolute Gasteiger partial charge is 0.480 e. The van der Waals surface area contributed by atoms with Gasteiger partial charge >= 0.3 is 5.97 Å². The first-order chi connectivity index (χ1) is 17.0. The van der Waals surface area contributed by atoms with E-state index in [-0.39, 0.29) is 12.2 Å². The normalized spacial score (nSPS) is 18.0. The molecule has 4 rings (SSSR count). The Morgan fingerprint density at radius 3 is 2.49 bits per heavy atom. The molecule has 0 unspecified atom stereocenters. The van der Waals surface area contributed by atoms with Gasteiger partial charge in [0.1, 0.15) is 17.3 Å². The Morgan fingerprint density at radius 1 is 1.09 bits per heavy atom. The number of thioether (sulfide) groups is 1. The summed E-state index contributed by atoms with van der Waals surface area (Å²) in [6.45, 7) is 2.95. The van der Waals surface area contributed by atoms with Crippen molar-refractivity contribution in [3.05, 3.63) is 60.2 Å². The van der Waals surface area contributed by atoms with Crippen LogP contribution in [0.3, 0.4) is 0 Å². The molecule has 186 valence electrons. The van der Waals surface area contributed by atoms with Crippen LogP contribution in [0.25, 0.3) is 22.4 Å². The zero-order chi connectivity index (χ0) is 24.8. The van der Waals surface area contributed by atoms with Gasteiger partial charge in [0.05, 0.1) is 6.61 Å². The van der Waals surface area contributed by atoms with E-state index in [0.29, 0.717) is 36.2 Å². The second-order valence-electron chi connectivity index (χ2n) is 8.91. The van der Waals surface area contributed by atoms with Crippen LogP contribution in [-0.4, -0.2) is 39.8 Å². The number of hydrogen-bond donors (Lipinski definition) is 1. The summed E-state index contributed by atoms with van der Waals surface area (Å²) in [6, 6.07) is 13.9. The van der Waals surface area contributed by atoms with E-state index >= 15 is 0 Å². The van der Waals surface area contributed by atoms with E-state index in [9.17, 15) is 13.6 Å². The average molecular weight is 501 g/mol. The Balaban J connectivity index is 1.62. The van der Waals surface area contributed by atoms with E-state index in [1.165, 1.54) is 6.07 Å². The van der Waals surface area contributed by atoms with Crippen molar-refractivity contribution < 1.29 is 23.4 Å². The first kappa shape index (κ1) is 25.4. The lowest BCUT2D eigenvalue weighted by Crippen LogP contribution is -2.23. The number of ether oxygens (including phenoxy) is 1. The van der Waals surface area contributed by atoms with Crippen LogP contribution >= 0.6 is 11.8 Å². The summed E-state index contributed by atoms with van der Waals surface area (Å²) in [5.74, 6) is -1.13. The maximum atomic E-state index is 15.0. The van der Waals surface area contributed by atoms with Crippen molar-refractivity contribution >= 4 is 17.7 Å². The van der Waals surface area contributed by atoms with Crippen LogP contribution in [0, 0.1) is 23.5 Å². The van der Waals surface area contributed by atoms with E-state index in [0.717, 1.165) is 48.1 Å². The molecule has 1 aromatic heterocycles. The predicted octanol–water partition coefficient (Wildman–Crippen LogP) is 6.51. The molecule has 8 heteroatoms. The van der Waals surface area contributed by atoms with Gasteiger partial charge in [0.15, 0.2) is 11.6 Å². The number of carbonyl (C=O) groups is 1. The summed E-state index contributed by atoms with van der Waals surface area (Å²) in [4.78, 5) is 10.7. The molecule has 0 spiro atoms. The Labute approximate surface area is 208 Å². The fourth-order valence-corrected chi connectivity index (χ4v) is 5.62. The van der Waals surface area contributed by atoms with Crippen LogP contribution in [0.5, 0.6) is 0 Å². The molecule has 1 aliphatic carbocycles. The highest BCUT2D eigenvalue weighted by Gasteiger charge is 2.27. The van der Waals surface area contributed by atoms with Gasteiger partial charge in [-0.3, -0.25) is 4.68 Å². The van der Waals surface area contributed by atoms with Gasteiger partial charge in [0, 0.05) is 23.2 Å². The Bertz CT molecular complexity index is 1140. The van der Waals surface area contributed by atoms with Crippen LogP contribution in [0.15, 0.2) is 53.6 Å². The highest BCUT2D eigenvalue weighted by Crippen LogP contribution is 2.42. The second-order valence-corrected chi connectivity index (χ2v) is 10.2. The number of halogens is 2. The zero-order valence-corrected chi connectivity index (χ0v) is 20.6. The van der Waals surface area contributed by atoms with Gasteiger partial charge in [-0.25, -0.2) is 13.6 Å². The molecule has 2 aromatic carbocycles. The number of aromatic nitrogens is 2. The standard InChI is InChI=1S/C27H30F2N2O3S/c1-2-35-27-24(21-9-6-10-22(28)25(21)29)26(20-7-4-3-5-8-20)30-31(27)15-18-11-13-19(14-12-18)16-34-17-23(32)33/h3-10,18-19H,2,11-17H2,1H3,(H,32,33)/t18-,19+. The average Bonchev–Trinajstić information content (AvgIpc) is 3.20. The van der Waals surface area contributed by atoms with Crippen molar-refractivity contribution in [1.29, 1.82) is 0 Å². The predicted molar refractivity (Wildman–Crippen MR) is 133 cm³/mol. The van der Waals surface area contributed by atoms with Crippen molar-refractivity contribution in [2.75, 3.05) is 19.0 Å². The quantitative estimate of drug-likeness (QED) is 0.321. The Hall–Kier alpha value is -2.71. The van der Waals surface area contributed by atoms with Gasteiger partial charge in [0.25, 0.3) is 0 Å². The number of hydrogen-bond acceptors (Lipinski definition) is 4. The maximum Gasteiger partial charge on any atom is 0.329 e. The minimum absolute atomic E-state index is 0.227. The smallest absolute Gasteiger partial charge is 0.329 e. The number of carboxylic acids is 1. The third-order valence-electron chi connectivity index (χ3n) is 6.43. The fraction of sp³-hybridized carbons (Fsp3) is 0.407. The minimum Gasteiger partial charge on any atom is -0.480 e. The van der Waals surface area contributed by atoms with Gasteiger partial charge in [-0.1, -0.05) is 49.4 Å². The topological polar surface area (TPSA) is 64.4 Å². The number of benzene rings is 2. The summed E-state index contributed by atoms with van der Waals surface area (Å²) in [5, 5.41) is 14.6. The molecule has 1 heterocycles. The third kappa shape index (κ3) is 6.11. The molecule has 1 saturated carbocycles. The Morgan fingerprint density at radius 2 is 1.80 bits per heavy atom. The van der Waals surface area contributed by atoms with Gasteiger partial charge in [-0.05, 0) is 49.3 Å². The fourth-order valence-electron chi connectivity index (χ4n) is 4.73. The van der Waals surface area contributed by atoms with Crippen LogP contribution in [0.1, 0.15) is 32.6 Å². The summed E-state index contributed by atoms with van der Waals surface area (Å²) >= 11 is 1.59. The molecule has 1 aliphatic rings. The molecule has 1 fully saturated rings. The molecule has 0 bridgehead atoms. The van der Waals surface area contributed by atoms with Crippen LogP contribution in [-0.2, 0) is 16.1 Å². The van der Waals surface area contributed by atoms with Crippen molar-refractivity contribution in [2.45, 2.75) is 44.2 Å². The molecule has 0 atom stereocenters. The highest BCUT2D eigenvalue weighted by atomic mass is 32.2.